The average Bonchev–Trinajstić information content (AvgIpc) is 3.30. The van der Waals surface area contributed by atoms with E-state index >= 15 is 0 Å². The van der Waals surface area contributed by atoms with Crippen LogP contribution in [-0.4, -0.2) is 29.7 Å². The molecule has 0 atom stereocenters. The fraction of sp³-hybridized carbons (Fsp3) is 0.350. The molecule has 4 rings (SSSR count). The maximum absolute atomic E-state index is 12.9. The topological polar surface area (TPSA) is 65.1 Å². The number of carbonyl (C=O) groups excluding carboxylic acids is 1. The lowest BCUT2D eigenvalue weighted by molar-refractivity contribution is 0.0746. The molecule has 27 heavy (non-hydrogen) atoms. The third-order valence-electron chi connectivity index (χ3n) is 4.85. The Bertz CT molecular complexity index is 1070. The molecule has 140 valence electrons. The lowest BCUT2D eigenvalue weighted by atomic mass is 10.1. The number of carbonyl (C=O) groups is 1. The van der Waals surface area contributed by atoms with Crippen LogP contribution in [0.3, 0.4) is 0 Å². The van der Waals surface area contributed by atoms with E-state index in [-0.39, 0.29) is 22.6 Å². The van der Waals surface area contributed by atoms with Gasteiger partial charge in [0.25, 0.3) is 11.5 Å². The van der Waals surface area contributed by atoms with Gasteiger partial charge in [0.15, 0.2) is 0 Å². The second-order valence-electron chi connectivity index (χ2n) is 7.92. The van der Waals surface area contributed by atoms with Crippen LogP contribution in [0.25, 0.3) is 5.82 Å². The van der Waals surface area contributed by atoms with Crippen molar-refractivity contribution in [3.05, 3.63) is 70.0 Å². The molecule has 0 radical (unpaired) electrons. The average molecular weight is 365 g/mol. The van der Waals surface area contributed by atoms with Crippen molar-refractivity contribution in [2.45, 2.75) is 39.4 Å². The summed E-state index contributed by atoms with van der Waals surface area (Å²) in [4.78, 5) is 26.9. The van der Waals surface area contributed by atoms with Crippen LogP contribution in [0.15, 0.2) is 47.7 Å². The minimum absolute atomic E-state index is 0.186. The molecule has 7 nitrogen and oxygen atoms in total. The summed E-state index contributed by atoms with van der Waals surface area (Å²) in [6.07, 6.45) is 5.61. The van der Waals surface area contributed by atoms with Gasteiger partial charge >= 0.3 is 0 Å². The second-order valence-corrected chi connectivity index (χ2v) is 7.92. The summed E-state index contributed by atoms with van der Waals surface area (Å²) >= 11 is 0. The first-order valence-corrected chi connectivity index (χ1v) is 8.97. The van der Waals surface area contributed by atoms with E-state index < -0.39 is 0 Å². The number of fused-ring (bicyclic) bond motifs is 1. The van der Waals surface area contributed by atoms with Gasteiger partial charge in [-0.15, -0.1) is 0 Å². The zero-order valence-electron chi connectivity index (χ0n) is 16.0. The van der Waals surface area contributed by atoms with Crippen molar-refractivity contribution in [2.75, 3.05) is 0 Å². The van der Waals surface area contributed by atoms with Gasteiger partial charge in [-0.25, -0.2) is 4.68 Å². The lowest BCUT2D eigenvalue weighted by Gasteiger charge is -2.24. The zero-order chi connectivity index (χ0) is 19.3. The van der Waals surface area contributed by atoms with Crippen LogP contribution >= 0.6 is 0 Å². The van der Waals surface area contributed by atoms with Gasteiger partial charge in [0.1, 0.15) is 11.4 Å². The highest BCUT2D eigenvalue weighted by Crippen LogP contribution is 2.32. The summed E-state index contributed by atoms with van der Waals surface area (Å²) in [6.45, 7) is 7.18. The van der Waals surface area contributed by atoms with E-state index in [1.54, 1.807) is 30.3 Å². The van der Waals surface area contributed by atoms with E-state index in [0.29, 0.717) is 13.1 Å². The number of amides is 1. The summed E-state index contributed by atoms with van der Waals surface area (Å²) in [6, 6.07) is 7.24. The molecule has 1 aliphatic rings. The standard InChI is InChI=1S/C20H23N5O2/c1-20(2,3)25-17(23-10-5-6-11-23)15-12-24(13-16(15)21-25)19(27)14-8-7-9-22(4)18(14)26/h5-11H,12-13H2,1-4H3. The van der Waals surface area contributed by atoms with Gasteiger partial charge in [0, 0.05) is 31.2 Å². The van der Waals surface area contributed by atoms with Gasteiger partial charge in [0.2, 0.25) is 0 Å². The first kappa shape index (κ1) is 17.3. The Labute approximate surface area is 157 Å². The number of aryl methyl sites for hydroxylation is 1. The zero-order valence-corrected chi connectivity index (χ0v) is 16.0. The van der Waals surface area contributed by atoms with Gasteiger partial charge in [-0.1, -0.05) is 0 Å². The highest BCUT2D eigenvalue weighted by molar-refractivity contribution is 5.94. The fourth-order valence-corrected chi connectivity index (χ4v) is 3.48. The minimum Gasteiger partial charge on any atom is -0.328 e. The number of nitrogens with zero attached hydrogens (tertiary/aromatic N) is 5. The molecule has 0 saturated heterocycles. The molecule has 4 heterocycles. The Hall–Kier alpha value is -3.09. The van der Waals surface area contributed by atoms with Crippen LogP contribution in [0.4, 0.5) is 0 Å². The first-order chi connectivity index (χ1) is 12.8. The molecule has 1 aliphatic heterocycles. The minimum atomic E-state index is -0.280. The largest absolute Gasteiger partial charge is 0.328 e. The summed E-state index contributed by atoms with van der Waals surface area (Å²) < 4.78 is 5.47. The number of pyridine rings is 1. The summed E-state index contributed by atoms with van der Waals surface area (Å²) in [5.74, 6) is 0.716. The van der Waals surface area contributed by atoms with E-state index in [4.69, 9.17) is 5.10 Å². The normalized spacial score (nSPS) is 13.9. The molecule has 1 amide bonds. The van der Waals surface area contributed by atoms with E-state index in [0.717, 1.165) is 17.1 Å². The number of hydrogen-bond donors (Lipinski definition) is 0. The van der Waals surface area contributed by atoms with Gasteiger partial charge in [-0.3, -0.25) is 9.59 Å². The van der Waals surface area contributed by atoms with E-state index in [1.165, 1.54) is 4.57 Å². The van der Waals surface area contributed by atoms with Crippen LogP contribution in [0, 0.1) is 0 Å². The molecule has 0 fully saturated rings. The molecule has 0 aliphatic carbocycles. The molecule has 0 saturated carbocycles. The van der Waals surface area contributed by atoms with E-state index in [9.17, 15) is 9.59 Å². The van der Waals surface area contributed by atoms with E-state index in [1.807, 2.05) is 33.8 Å². The third kappa shape index (κ3) is 2.79. The van der Waals surface area contributed by atoms with Crippen LogP contribution < -0.4 is 5.56 Å². The highest BCUT2D eigenvalue weighted by atomic mass is 16.2. The van der Waals surface area contributed by atoms with Gasteiger partial charge in [-0.05, 0) is 45.0 Å². The van der Waals surface area contributed by atoms with Crippen molar-refractivity contribution in [3.8, 4) is 5.82 Å². The molecule has 3 aromatic heterocycles. The fourth-order valence-electron chi connectivity index (χ4n) is 3.48. The number of aromatic nitrogens is 4. The van der Waals surface area contributed by atoms with E-state index in [2.05, 4.69) is 20.8 Å². The number of rotatable bonds is 2. The summed E-state index contributed by atoms with van der Waals surface area (Å²) in [5.41, 5.74) is 1.64. The SMILES string of the molecule is Cn1cccc(C(=O)N2Cc3nn(C(C)(C)C)c(-n4cccc4)c3C2)c1=O. The molecule has 0 bridgehead atoms. The third-order valence-corrected chi connectivity index (χ3v) is 4.85. The Morgan fingerprint density at radius 3 is 2.44 bits per heavy atom. The number of hydrogen-bond acceptors (Lipinski definition) is 3. The van der Waals surface area contributed by atoms with Crippen molar-refractivity contribution >= 4 is 5.91 Å². The van der Waals surface area contributed by atoms with Crippen molar-refractivity contribution in [1.82, 2.24) is 23.8 Å². The smallest absolute Gasteiger partial charge is 0.263 e. The molecule has 0 N–H and O–H groups in total. The predicted molar refractivity (Wildman–Crippen MR) is 102 cm³/mol. The van der Waals surface area contributed by atoms with Crippen LogP contribution in [-0.2, 0) is 25.7 Å². The monoisotopic (exact) mass is 365 g/mol. The Morgan fingerprint density at radius 2 is 1.78 bits per heavy atom. The van der Waals surface area contributed by atoms with Crippen LogP contribution in [0.1, 0.15) is 42.4 Å². The Balaban J connectivity index is 1.73. The van der Waals surface area contributed by atoms with Crippen molar-refractivity contribution in [1.29, 1.82) is 0 Å². The molecular formula is C20H23N5O2. The van der Waals surface area contributed by atoms with Crippen molar-refractivity contribution < 1.29 is 4.79 Å². The first-order valence-electron chi connectivity index (χ1n) is 8.97. The highest BCUT2D eigenvalue weighted by Gasteiger charge is 2.34. The molecule has 0 unspecified atom stereocenters. The summed E-state index contributed by atoms with van der Waals surface area (Å²) in [7, 11) is 1.65. The molecule has 0 spiro atoms. The predicted octanol–water partition coefficient (Wildman–Crippen LogP) is 2.28. The van der Waals surface area contributed by atoms with Gasteiger partial charge < -0.3 is 14.0 Å². The quantitative estimate of drug-likeness (QED) is 0.700. The lowest BCUT2D eigenvalue weighted by Crippen LogP contribution is -2.34. The molecule has 0 aromatic carbocycles. The summed E-state index contributed by atoms with van der Waals surface area (Å²) in [5, 5.41) is 4.80. The molecule has 7 heteroatoms. The molecule has 3 aromatic rings. The van der Waals surface area contributed by atoms with Crippen molar-refractivity contribution in [2.24, 2.45) is 7.05 Å². The maximum atomic E-state index is 12.9. The van der Waals surface area contributed by atoms with Gasteiger partial charge in [-0.2, -0.15) is 5.10 Å². The van der Waals surface area contributed by atoms with Crippen LogP contribution in [0.2, 0.25) is 0 Å². The Kier molecular flexibility index (Phi) is 3.83. The maximum Gasteiger partial charge on any atom is 0.263 e. The second kappa shape index (κ2) is 5.97. The van der Waals surface area contributed by atoms with Crippen molar-refractivity contribution in [3.63, 3.8) is 0 Å². The van der Waals surface area contributed by atoms with Crippen LogP contribution in [0.5, 0.6) is 0 Å². The molecular weight excluding hydrogens is 342 g/mol. The van der Waals surface area contributed by atoms with Gasteiger partial charge in [0.05, 0.1) is 24.3 Å². The Morgan fingerprint density at radius 1 is 1.07 bits per heavy atom.